The predicted molar refractivity (Wildman–Crippen MR) is 99.2 cm³/mol. The lowest BCUT2D eigenvalue weighted by molar-refractivity contribution is 0.579. The molecular formula is C19H19FN2O3S. The summed E-state index contributed by atoms with van der Waals surface area (Å²) >= 11 is 0. The first kappa shape index (κ1) is 18.3. The molecular weight excluding hydrogens is 355 g/mol. The fourth-order valence-electron chi connectivity index (χ4n) is 2.89. The summed E-state index contributed by atoms with van der Waals surface area (Å²) in [6, 6.07) is 9.13. The molecule has 0 aliphatic heterocycles. The van der Waals surface area contributed by atoms with E-state index in [1.54, 1.807) is 6.07 Å². The maximum absolute atomic E-state index is 13.3. The number of H-pyrrole nitrogens is 1. The van der Waals surface area contributed by atoms with Crippen LogP contribution in [0.15, 0.2) is 46.1 Å². The summed E-state index contributed by atoms with van der Waals surface area (Å²) in [6.07, 6.45) is 0. The molecule has 2 N–H and O–H groups in total. The van der Waals surface area contributed by atoms with Crippen molar-refractivity contribution in [2.45, 2.75) is 32.2 Å². The molecule has 0 amide bonds. The molecule has 3 aromatic rings. The lowest BCUT2D eigenvalue weighted by atomic mass is 10.0. The SMILES string of the molecule is Cc1cc(C)c2cc(CNS(=O)(=O)c3ccc(F)c(C)c3)c(=O)[nH]c2c1. The van der Waals surface area contributed by atoms with Crippen LogP contribution in [0, 0.1) is 26.6 Å². The smallest absolute Gasteiger partial charge is 0.252 e. The van der Waals surface area contributed by atoms with Crippen LogP contribution < -0.4 is 10.3 Å². The third-order valence-electron chi connectivity index (χ3n) is 4.28. The van der Waals surface area contributed by atoms with Crippen molar-refractivity contribution in [2.24, 2.45) is 0 Å². The van der Waals surface area contributed by atoms with Crippen molar-refractivity contribution in [2.75, 3.05) is 0 Å². The van der Waals surface area contributed by atoms with Gasteiger partial charge in [0.1, 0.15) is 5.82 Å². The van der Waals surface area contributed by atoms with Crippen molar-refractivity contribution < 1.29 is 12.8 Å². The highest BCUT2D eigenvalue weighted by Gasteiger charge is 2.16. The number of aromatic amines is 1. The monoisotopic (exact) mass is 374 g/mol. The molecule has 0 saturated heterocycles. The highest BCUT2D eigenvalue weighted by molar-refractivity contribution is 7.89. The van der Waals surface area contributed by atoms with E-state index >= 15 is 0 Å². The molecule has 0 spiro atoms. The molecule has 1 heterocycles. The third kappa shape index (κ3) is 3.54. The van der Waals surface area contributed by atoms with Crippen LogP contribution in [-0.2, 0) is 16.6 Å². The van der Waals surface area contributed by atoms with Gasteiger partial charge in [0.15, 0.2) is 0 Å². The minimum absolute atomic E-state index is 0.0413. The molecule has 26 heavy (non-hydrogen) atoms. The fourth-order valence-corrected chi connectivity index (χ4v) is 3.98. The maximum Gasteiger partial charge on any atom is 0.252 e. The van der Waals surface area contributed by atoms with Crippen LogP contribution in [-0.4, -0.2) is 13.4 Å². The predicted octanol–water partition coefficient (Wildman–Crippen LogP) is 3.07. The Morgan fingerprint density at radius 3 is 2.46 bits per heavy atom. The normalized spacial score (nSPS) is 11.8. The van der Waals surface area contributed by atoms with Crippen molar-refractivity contribution in [3.8, 4) is 0 Å². The molecule has 5 nitrogen and oxygen atoms in total. The lowest BCUT2D eigenvalue weighted by Crippen LogP contribution is -2.27. The van der Waals surface area contributed by atoms with Crippen LogP contribution in [0.4, 0.5) is 4.39 Å². The zero-order valence-electron chi connectivity index (χ0n) is 14.7. The van der Waals surface area contributed by atoms with Gasteiger partial charge in [-0.3, -0.25) is 4.79 Å². The van der Waals surface area contributed by atoms with E-state index in [1.165, 1.54) is 19.1 Å². The Bertz CT molecular complexity index is 1170. The number of hydrogen-bond acceptors (Lipinski definition) is 3. The summed E-state index contributed by atoms with van der Waals surface area (Å²) < 4.78 is 40.6. The quantitative estimate of drug-likeness (QED) is 0.737. The zero-order valence-corrected chi connectivity index (χ0v) is 15.5. The van der Waals surface area contributed by atoms with Gasteiger partial charge in [-0.2, -0.15) is 0 Å². The van der Waals surface area contributed by atoms with Gasteiger partial charge in [0.05, 0.1) is 4.90 Å². The fraction of sp³-hybridized carbons (Fsp3) is 0.211. The van der Waals surface area contributed by atoms with Crippen molar-refractivity contribution in [1.29, 1.82) is 0 Å². The number of rotatable bonds is 4. The van der Waals surface area contributed by atoms with E-state index in [0.29, 0.717) is 11.1 Å². The Kier molecular flexibility index (Phi) is 4.68. The molecule has 0 fully saturated rings. The van der Waals surface area contributed by atoms with Gasteiger partial charge in [0.2, 0.25) is 10.0 Å². The Morgan fingerprint density at radius 2 is 1.77 bits per heavy atom. The molecule has 0 atom stereocenters. The number of aromatic nitrogens is 1. The molecule has 2 aromatic carbocycles. The first-order chi connectivity index (χ1) is 12.2. The van der Waals surface area contributed by atoms with Crippen LogP contribution in [0.3, 0.4) is 0 Å². The third-order valence-corrected chi connectivity index (χ3v) is 5.68. The van der Waals surface area contributed by atoms with Crippen molar-refractivity contribution >= 4 is 20.9 Å². The van der Waals surface area contributed by atoms with Crippen molar-refractivity contribution in [3.63, 3.8) is 0 Å². The zero-order chi connectivity index (χ0) is 19.1. The Hall–Kier alpha value is -2.51. The number of aryl methyl sites for hydroxylation is 3. The molecule has 0 saturated carbocycles. The van der Waals surface area contributed by atoms with Gasteiger partial charge in [-0.15, -0.1) is 0 Å². The molecule has 0 aliphatic rings. The number of fused-ring (bicyclic) bond motifs is 1. The molecule has 1 aromatic heterocycles. The van der Waals surface area contributed by atoms with Gasteiger partial charge in [-0.05, 0) is 67.8 Å². The van der Waals surface area contributed by atoms with Gasteiger partial charge >= 0.3 is 0 Å². The largest absolute Gasteiger partial charge is 0.322 e. The van der Waals surface area contributed by atoms with E-state index in [4.69, 9.17) is 0 Å². The van der Waals surface area contributed by atoms with E-state index < -0.39 is 15.8 Å². The van der Waals surface area contributed by atoms with E-state index in [1.807, 2.05) is 26.0 Å². The molecule has 0 aliphatic carbocycles. The molecule has 7 heteroatoms. The number of halogens is 1. The number of hydrogen-bond donors (Lipinski definition) is 2. The summed E-state index contributed by atoms with van der Waals surface area (Å²) in [7, 11) is -3.85. The molecule has 0 unspecified atom stereocenters. The summed E-state index contributed by atoms with van der Waals surface area (Å²) in [5.41, 5.74) is 2.95. The summed E-state index contributed by atoms with van der Waals surface area (Å²) in [6.45, 7) is 5.21. The number of pyridine rings is 1. The highest BCUT2D eigenvalue weighted by Crippen LogP contribution is 2.19. The van der Waals surface area contributed by atoms with Crippen LogP contribution in [0.25, 0.3) is 10.9 Å². The Balaban J connectivity index is 1.92. The number of sulfonamides is 1. The van der Waals surface area contributed by atoms with E-state index in [2.05, 4.69) is 9.71 Å². The van der Waals surface area contributed by atoms with Gasteiger partial charge < -0.3 is 4.98 Å². The van der Waals surface area contributed by atoms with Crippen molar-refractivity contribution in [3.05, 3.63) is 74.8 Å². The molecule has 0 radical (unpaired) electrons. The maximum atomic E-state index is 13.3. The average molecular weight is 374 g/mol. The first-order valence-corrected chi connectivity index (χ1v) is 9.55. The summed E-state index contributed by atoms with van der Waals surface area (Å²) in [5.74, 6) is -0.472. The van der Waals surface area contributed by atoms with Crippen molar-refractivity contribution in [1.82, 2.24) is 9.71 Å². The van der Waals surface area contributed by atoms with Gasteiger partial charge in [-0.1, -0.05) is 6.07 Å². The van der Waals surface area contributed by atoms with Crippen LogP contribution >= 0.6 is 0 Å². The molecule has 0 bridgehead atoms. The molecule has 3 rings (SSSR count). The second kappa shape index (κ2) is 6.66. The van der Waals surface area contributed by atoms with Gasteiger partial charge in [-0.25, -0.2) is 17.5 Å². The van der Waals surface area contributed by atoms with Crippen LogP contribution in [0.1, 0.15) is 22.3 Å². The minimum Gasteiger partial charge on any atom is -0.322 e. The van der Waals surface area contributed by atoms with Crippen LogP contribution in [0.5, 0.6) is 0 Å². The van der Waals surface area contributed by atoms with E-state index in [0.717, 1.165) is 22.6 Å². The minimum atomic E-state index is -3.85. The second-order valence-corrected chi connectivity index (χ2v) is 8.17. The molecule has 136 valence electrons. The standard InChI is InChI=1S/C19H19FN2O3S/c1-11-6-12(2)16-9-14(19(23)22-18(16)7-11)10-21-26(24,25)15-4-5-17(20)13(3)8-15/h4-9,21H,10H2,1-3H3,(H,22,23). The van der Waals surface area contributed by atoms with Gasteiger partial charge in [0.25, 0.3) is 5.56 Å². The summed E-state index contributed by atoms with van der Waals surface area (Å²) in [4.78, 5) is 15.0. The van der Waals surface area contributed by atoms with E-state index in [9.17, 15) is 17.6 Å². The van der Waals surface area contributed by atoms with Gasteiger partial charge in [0, 0.05) is 23.0 Å². The topological polar surface area (TPSA) is 79.0 Å². The first-order valence-electron chi connectivity index (χ1n) is 8.06. The number of benzene rings is 2. The summed E-state index contributed by atoms with van der Waals surface area (Å²) in [5, 5.41) is 0.863. The lowest BCUT2D eigenvalue weighted by Gasteiger charge is -2.10. The Morgan fingerprint density at radius 1 is 1.04 bits per heavy atom. The highest BCUT2D eigenvalue weighted by atomic mass is 32.2. The average Bonchev–Trinajstić information content (AvgIpc) is 2.55. The number of nitrogens with one attached hydrogen (secondary N) is 2. The Labute approximate surface area is 150 Å². The second-order valence-electron chi connectivity index (χ2n) is 6.40. The van der Waals surface area contributed by atoms with Crippen LogP contribution in [0.2, 0.25) is 0 Å². The van der Waals surface area contributed by atoms with E-state index in [-0.39, 0.29) is 22.6 Å².